The predicted octanol–water partition coefficient (Wildman–Crippen LogP) is -0.506. The lowest BCUT2D eigenvalue weighted by Crippen LogP contribution is -2.42. The molecular formula is C9H17NO5S. The van der Waals surface area contributed by atoms with Gasteiger partial charge in [0.15, 0.2) is 5.75 Å². The minimum absolute atomic E-state index is 0.108. The number of carboxylic acids is 1. The van der Waals surface area contributed by atoms with Gasteiger partial charge in [0, 0.05) is 13.1 Å². The van der Waals surface area contributed by atoms with Crippen LogP contribution >= 0.6 is 0 Å². The summed E-state index contributed by atoms with van der Waals surface area (Å²) in [5.74, 6) is -2.08. The molecule has 0 saturated carbocycles. The van der Waals surface area contributed by atoms with Gasteiger partial charge in [0.05, 0.1) is 6.10 Å². The molecule has 16 heavy (non-hydrogen) atoms. The van der Waals surface area contributed by atoms with Crippen LogP contribution in [0.5, 0.6) is 0 Å². The van der Waals surface area contributed by atoms with Gasteiger partial charge in [-0.1, -0.05) is 0 Å². The zero-order chi connectivity index (χ0) is 12.3. The second kappa shape index (κ2) is 5.11. The van der Waals surface area contributed by atoms with E-state index in [1.807, 2.05) is 0 Å². The minimum atomic E-state index is -3.68. The summed E-state index contributed by atoms with van der Waals surface area (Å²) in [6, 6.07) is 0. The van der Waals surface area contributed by atoms with Crippen LogP contribution in [-0.4, -0.2) is 53.9 Å². The van der Waals surface area contributed by atoms with Crippen LogP contribution in [-0.2, 0) is 14.8 Å². The number of hydrogen-bond donors (Lipinski definition) is 2. The number of aliphatic carboxylic acids is 1. The van der Waals surface area contributed by atoms with Gasteiger partial charge in [0.2, 0.25) is 10.0 Å². The molecule has 0 aromatic rings. The van der Waals surface area contributed by atoms with Crippen LogP contribution in [0.4, 0.5) is 0 Å². The lowest BCUT2D eigenvalue weighted by Gasteiger charge is -2.32. The zero-order valence-corrected chi connectivity index (χ0v) is 9.98. The minimum Gasteiger partial charge on any atom is -0.480 e. The number of carboxylic acid groups (broad SMARTS) is 1. The van der Waals surface area contributed by atoms with E-state index in [1.165, 1.54) is 4.31 Å². The highest BCUT2D eigenvalue weighted by Crippen LogP contribution is 2.22. The number of piperidine rings is 1. The molecule has 0 radical (unpaired) electrons. The van der Waals surface area contributed by atoms with Gasteiger partial charge in [0.1, 0.15) is 0 Å². The summed E-state index contributed by atoms with van der Waals surface area (Å²) in [4.78, 5) is 10.4. The Labute approximate surface area is 94.9 Å². The van der Waals surface area contributed by atoms with E-state index in [-0.39, 0.29) is 5.92 Å². The Kier molecular flexibility index (Phi) is 4.28. The third-order valence-corrected chi connectivity index (χ3v) is 4.64. The Hall–Kier alpha value is -0.660. The molecule has 1 saturated heterocycles. The highest BCUT2D eigenvalue weighted by atomic mass is 32.2. The van der Waals surface area contributed by atoms with Gasteiger partial charge in [-0.25, -0.2) is 12.7 Å². The Morgan fingerprint density at radius 3 is 2.31 bits per heavy atom. The molecule has 1 rings (SSSR count). The van der Waals surface area contributed by atoms with Crippen LogP contribution in [0, 0.1) is 5.92 Å². The summed E-state index contributed by atoms with van der Waals surface area (Å²) in [5, 5.41) is 17.8. The van der Waals surface area contributed by atoms with Gasteiger partial charge >= 0.3 is 5.97 Å². The lowest BCUT2D eigenvalue weighted by molar-refractivity contribution is -0.134. The third kappa shape index (κ3) is 3.43. The van der Waals surface area contributed by atoms with Crippen LogP contribution in [0.2, 0.25) is 0 Å². The van der Waals surface area contributed by atoms with Crippen LogP contribution in [0.15, 0.2) is 0 Å². The van der Waals surface area contributed by atoms with Crippen molar-refractivity contribution in [1.29, 1.82) is 0 Å². The molecule has 7 heteroatoms. The van der Waals surface area contributed by atoms with E-state index >= 15 is 0 Å². The van der Waals surface area contributed by atoms with Gasteiger partial charge in [-0.3, -0.25) is 4.79 Å². The van der Waals surface area contributed by atoms with E-state index in [9.17, 15) is 18.3 Å². The van der Waals surface area contributed by atoms with Gasteiger partial charge in [-0.15, -0.1) is 0 Å². The number of sulfonamides is 1. The maximum absolute atomic E-state index is 11.6. The van der Waals surface area contributed by atoms with Gasteiger partial charge in [-0.05, 0) is 25.7 Å². The van der Waals surface area contributed by atoms with Gasteiger partial charge < -0.3 is 10.2 Å². The maximum atomic E-state index is 11.6. The van der Waals surface area contributed by atoms with Crippen molar-refractivity contribution < 1.29 is 23.4 Å². The Balaban J connectivity index is 2.56. The molecule has 1 unspecified atom stereocenters. The van der Waals surface area contributed by atoms with Crippen molar-refractivity contribution in [2.75, 3.05) is 18.8 Å². The number of aliphatic hydroxyl groups excluding tert-OH is 1. The van der Waals surface area contributed by atoms with Crippen LogP contribution in [0.3, 0.4) is 0 Å². The molecule has 2 N–H and O–H groups in total. The highest BCUT2D eigenvalue weighted by Gasteiger charge is 2.30. The standard InChI is InChI=1S/C9H17NO5S/c1-7(11)8-2-4-10(5-3-8)16(14,15)6-9(12)13/h7-8,11H,2-6H2,1H3,(H,12,13). The van der Waals surface area contributed by atoms with E-state index in [2.05, 4.69) is 0 Å². The molecule has 0 aromatic heterocycles. The molecule has 1 heterocycles. The van der Waals surface area contributed by atoms with Gasteiger partial charge in [0.25, 0.3) is 0 Å². The molecule has 1 fully saturated rings. The van der Waals surface area contributed by atoms with Crippen molar-refractivity contribution in [3.05, 3.63) is 0 Å². The van der Waals surface area contributed by atoms with Crippen LogP contribution in [0.1, 0.15) is 19.8 Å². The smallest absolute Gasteiger partial charge is 0.320 e. The Bertz CT molecular complexity index is 343. The Morgan fingerprint density at radius 2 is 1.94 bits per heavy atom. The normalized spacial score (nSPS) is 21.9. The van der Waals surface area contributed by atoms with Crippen molar-refractivity contribution in [1.82, 2.24) is 4.31 Å². The SMILES string of the molecule is CC(O)C1CCN(S(=O)(=O)CC(=O)O)CC1. The second-order valence-electron chi connectivity index (χ2n) is 4.13. The van der Waals surface area contributed by atoms with E-state index < -0.39 is 27.8 Å². The maximum Gasteiger partial charge on any atom is 0.320 e. The fourth-order valence-corrected chi connectivity index (χ4v) is 3.15. The summed E-state index contributed by atoms with van der Waals surface area (Å²) in [5.41, 5.74) is 0. The summed E-state index contributed by atoms with van der Waals surface area (Å²) >= 11 is 0. The topological polar surface area (TPSA) is 94.9 Å². The molecule has 1 atom stereocenters. The number of rotatable bonds is 4. The largest absolute Gasteiger partial charge is 0.480 e. The van der Waals surface area contributed by atoms with Crippen molar-refractivity contribution in [2.24, 2.45) is 5.92 Å². The van der Waals surface area contributed by atoms with E-state index in [1.54, 1.807) is 6.92 Å². The van der Waals surface area contributed by atoms with Gasteiger partial charge in [-0.2, -0.15) is 0 Å². The average Bonchev–Trinajstić information content (AvgIpc) is 2.16. The second-order valence-corrected chi connectivity index (χ2v) is 6.10. The van der Waals surface area contributed by atoms with Crippen LogP contribution < -0.4 is 0 Å². The highest BCUT2D eigenvalue weighted by molar-refractivity contribution is 7.89. The third-order valence-electron chi connectivity index (χ3n) is 2.88. The van der Waals surface area contributed by atoms with Crippen molar-refractivity contribution >= 4 is 16.0 Å². The molecule has 0 bridgehead atoms. The van der Waals surface area contributed by atoms with E-state index in [0.29, 0.717) is 25.9 Å². The average molecular weight is 251 g/mol. The fraction of sp³-hybridized carbons (Fsp3) is 0.889. The first kappa shape index (κ1) is 13.4. The molecule has 0 aliphatic carbocycles. The summed E-state index contributed by atoms with van der Waals surface area (Å²) < 4.78 is 24.3. The van der Waals surface area contributed by atoms with Crippen molar-refractivity contribution in [2.45, 2.75) is 25.9 Å². The molecule has 1 aliphatic rings. The van der Waals surface area contributed by atoms with E-state index in [0.717, 1.165) is 0 Å². The molecule has 0 spiro atoms. The quantitative estimate of drug-likeness (QED) is 0.702. The predicted molar refractivity (Wildman–Crippen MR) is 57.4 cm³/mol. The molecule has 1 aliphatic heterocycles. The van der Waals surface area contributed by atoms with E-state index in [4.69, 9.17) is 5.11 Å². The number of carbonyl (C=O) groups is 1. The number of nitrogens with zero attached hydrogens (tertiary/aromatic N) is 1. The summed E-state index contributed by atoms with van der Waals surface area (Å²) in [7, 11) is -3.68. The molecule has 6 nitrogen and oxygen atoms in total. The monoisotopic (exact) mass is 251 g/mol. The lowest BCUT2D eigenvalue weighted by atomic mass is 9.93. The summed E-state index contributed by atoms with van der Waals surface area (Å²) in [6.45, 7) is 2.28. The first-order valence-electron chi connectivity index (χ1n) is 5.20. The zero-order valence-electron chi connectivity index (χ0n) is 9.16. The molecular weight excluding hydrogens is 234 g/mol. The molecule has 94 valence electrons. The van der Waals surface area contributed by atoms with Crippen LogP contribution in [0.25, 0.3) is 0 Å². The number of hydrogen-bond acceptors (Lipinski definition) is 4. The number of aliphatic hydroxyl groups is 1. The van der Waals surface area contributed by atoms with Crippen molar-refractivity contribution in [3.63, 3.8) is 0 Å². The Morgan fingerprint density at radius 1 is 1.44 bits per heavy atom. The fourth-order valence-electron chi connectivity index (χ4n) is 1.88. The van der Waals surface area contributed by atoms with Crippen molar-refractivity contribution in [3.8, 4) is 0 Å². The first-order chi connectivity index (χ1) is 7.33. The molecule has 0 amide bonds. The first-order valence-corrected chi connectivity index (χ1v) is 6.81. The molecule has 0 aromatic carbocycles. The summed E-state index contributed by atoms with van der Waals surface area (Å²) in [6.07, 6.45) is 0.719.